The van der Waals surface area contributed by atoms with Crippen molar-refractivity contribution in [3.05, 3.63) is 42.5 Å². The van der Waals surface area contributed by atoms with Crippen LogP contribution in [0.25, 0.3) is 10.8 Å². The molecule has 71 valence electrons. The van der Waals surface area contributed by atoms with E-state index in [2.05, 4.69) is 56.7 Å². The predicted molar refractivity (Wildman–Crippen MR) is 54.2 cm³/mol. The minimum atomic E-state index is 0.729. The van der Waals surface area contributed by atoms with Gasteiger partial charge >= 0.3 is 36.1 Å². The van der Waals surface area contributed by atoms with Crippen molar-refractivity contribution < 1.29 is 17.0 Å². The number of carbonyl (C=O) groups excluding carboxylic acids is 1. The molecule has 2 aromatic rings. The van der Waals surface area contributed by atoms with Gasteiger partial charge in [-0.25, -0.2) is 0 Å². The van der Waals surface area contributed by atoms with Crippen LogP contribution in [0.5, 0.6) is 0 Å². The molecule has 1 nitrogen and oxygen atoms in total. The Hall–Kier alpha value is -0.616. The van der Waals surface area contributed by atoms with Crippen LogP contribution >= 0.6 is 14.2 Å². The summed E-state index contributed by atoms with van der Waals surface area (Å²) in [6, 6.07) is 14.7. The van der Waals surface area contributed by atoms with Crippen LogP contribution in [-0.4, -0.2) is 4.86 Å². The van der Waals surface area contributed by atoms with Crippen molar-refractivity contribution in [2.24, 2.45) is 0 Å². The van der Waals surface area contributed by atoms with Crippen LogP contribution in [0.15, 0.2) is 42.5 Å². The quantitative estimate of drug-likeness (QED) is 0.536. The molecule has 0 unspecified atom stereocenters. The average molecular weight is 282 g/mol. The number of hydrogen-bond acceptors (Lipinski definition) is 1. The van der Waals surface area contributed by atoms with E-state index in [4.69, 9.17) is 4.79 Å². The minimum Gasteiger partial charge on any atom is -0.168 e. The molecular weight excluding hydrogens is 275 g/mol. The molecule has 0 bridgehead atoms. The fourth-order valence-corrected chi connectivity index (χ4v) is 1.07. The molecule has 3 heteroatoms. The SMILES string of the molecule is O=[C]=[Ni][Br].c1ccc2[cH-]ccc2c1. The van der Waals surface area contributed by atoms with Crippen molar-refractivity contribution in [1.82, 2.24) is 0 Å². The van der Waals surface area contributed by atoms with Crippen LogP contribution in [0, 0.1) is 0 Å². The summed E-state index contributed by atoms with van der Waals surface area (Å²) >= 11 is 3.49. The summed E-state index contributed by atoms with van der Waals surface area (Å²) in [5, 5.41) is 2.66. The van der Waals surface area contributed by atoms with Gasteiger partial charge < -0.3 is 0 Å². The molecule has 0 N–H and O–H groups in total. The Balaban J connectivity index is 0.000000184. The molecule has 0 aliphatic heterocycles. The van der Waals surface area contributed by atoms with Crippen molar-refractivity contribution in [2.45, 2.75) is 0 Å². The van der Waals surface area contributed by atoms with Crippen LogP contribution in [-0.2, 0) is 17.0 Å². The van der Waals surface area contributed by atoms with Gasteiger partial charge in [-0.15, -0.1) is 29.7 Å². The first-order valence-electron chi connectivity index (χ1n) is 3.55. The maximum absolute atomic E-state index is 8.97. The zero-order valence-electron chi connectivity index (χ0n) is 6.64. The second-order valence-electron chi connectivity index (χ2n) is 2.28. The monoisotopic (exact) mass is 280 g/mol. The zero-order valence-corrected chi connectivity index (χ0v) is 9.22. The van der Waals surface area contributed by atoms with Gasteiger partial charge in [-0.3, -0.25) is 0 Å². The van der Waals surface area contributed by atoms with Crippen LogP contribution in [0.1, 0.15) is 0 Å². The molecule has 0 fully saturated rings. The van der Waals surface area contributed by atoms with Gasteiger partial charge in [0.25, 0.3) is 0 Å². The van der Waals surface area contributed by atoms with Gasteiger partial charge in [-0.2, -0.15) is 17.5 Å². The first-order valence-corrected chi connectivity index (χ1v) is 6.49. The summed E-state index contributed by atoms with van der Waals surface area (Å²) < 4.78 is 0. The normalized spacial score (nSPS) is 9.00. The third-order valence-electron chi connectivity index (χ3n) is 1.57. The summed E-state index contributed by atoms with van der Waals surface area (Å²) in [5.41, 5.74) is 0. The fraction of sp³-hybridized carbons (Fsp3) is 0. The zero-order chi connectivity index (χ0) is 9.52. The van der Waals surface area contributed by atoms with Gasteiger partial charge in [0.1, 0.15) is 0 Å². The molecule has 2 aromatic carbocycles. The van der Waals surface area contributed by atoms with Crippen molar-refractivity contribution in [1.29, 1.82) is 0 Å². The van der Waals surface area contributed by atoms with E-state index < -0.39 is 0 Å². The Bertz CT molecular complexity index is 385. The molecule has 0 spiro atoms. The summed E-state index contributed by atoms with van der Waals surface area (Å²) in [4.78, 5) is 10.5. The molecule has 0 atom stereocenters. The Kier molecular flexibility index (Phi) is 4.78. The molecule has 13 heavy (non-hydrogen) atoms. The van der Waals surface area contributed by atoms with Gasteiger partial charge in [0.05, 0.1) is 0 Å². The number of benzene rings is 1. The van der Waals surface area contributed by atoms with E-state index in [0.29, 0.717) is 0 Å². The first-order chi connectivity index (χ1) is 6.38. The van der Waals surface area contributed by atoms with E-state index in [1.165, 1.54) is 15.6 Å². The third-order valence-corrected chi connectivity index (χ3v) is 2.07. The third kappa shape index (κ3) is 3.32. The van der Waals surface area contributed by atoms with E-state index in [-0.39, 0.29) is 0 Å². The summed E-state index contributed by atoms with van der Waals surface area (Å²) in [5.74, 6) is 0. The second kappa shape index (κ2) is 5.93. The Labute approximate surface area is 89.3 Å². The minimum absolute atomic E-state index is 0.729. The van der Waals surface area contributed by atoms with E-state index in [1.807, 2.05) is 0 Å². The molecule has 0 aromatic heterocycles. The fourth-order valence-electron chi connectivity index (χ4n) is 1.07. The molecule has 0 aliphatic carbocycles. The number of fused-ring (bicyclic) bond motifs is 1. The Morgan fingerprint density at radius 2 is 2.00 bits per heavy atom. The van der Waals surface area contributed by atoms with Crippen LogP contribution < -0.4 is 0 Å². The Morgan fingerprint density at radius 3 is 2.62 bits per heavy atom. The van der Waals surface area contributed by atoms with Gasteiger partial charge in [0.15, 0.2) is 0 Å². The largest absolute Gasteiger partial charge is 0.168 e. The molecule has 0 amide bonds. The van der Waals surface area contributed by atoms with Gasteiger partial charge in [0, 0.05) is 0 Å². The molecule has 0 saturated heterocycles. The summed E-state index contributed by atoms with van der Waals surface area (Å²) in [6.45, 7) is 0. The van der Waals surface area contributed by atoms with Crippen LogP contribution in [0.4, 0.5) is 0 Å². The maximum Gasteiger partial charge on any atom is -0.0809 e. The molecule has 0 heterocycles. The molecule has 2 rings (SSSR count). The van der Waals surface area contributed by atoms with Gasteiger partial charge in [-0.1, -0.05) is 6.07 Å². The summed E-state index contributed by atoms with van der Waals surface area (Å²) in [7, 11) is 0. The van der Waals surface area contributed by atoms with Crippen LogP contribution in [0.3, 0.4) is 0 Å². The topological polar surface area (TPSA) is 17.1 Å². The first kappa shape index (κ1) is 10.5. The van der Waals surface area contributed by atoms with E-state index in [9.17, 15) is 0 Å². The van der Waals surface area contributed by atoms with Crippen LogP contribution in [0.2, 0.25) is 0 Å². The predicted octanol–water partition coefficient (Wildman–Crippen LogP) is 3.00. The average Bonchev–Trinajstić information content (AvgIpc) is 2.66. The number of halogens is 1. The van der Waals surface area contributed by atoms with E-state index >= 15 is 0 Å². The Morgan fingerprint density at radius 1 is 1.31 bits per heavy atom. The van der Waals surface area contributed by atoms with Crippen molar-refractivity contribution in [2.75, 3.05) is 0 Å². The molecule has 0 radical (unpaired) electrons. The van der Waals surface area contributed by atoms with Crippen molar-refractivity contribution in [3.63, 3.8) is 0 Å². The molecular formula is C10H7BrNiO-. The number of rotatable bonds is 0. The van der Waals surface area contributed by atoms with Crippen molar-refractivity contribution >= 4 is 29.9 Å². The number of hydrogen-bond donors (Lipinski definition) is 0. The van der Waals surface area contributed by atoms with Gasteiger partial charge in [-0.05, 0) is 0 Å². The second-order valence-corrected chi connectivity index (χ2v) is 3.70. The van der Waals surface area contributed by atoms with Gasteiger partial charge in [0.2, 0.25) is 0 Å². The van der Waals surface area contributed by atoms with Crippen molar-refractivity contribution in [3.8, 4) is 0 Å². The smallest absolute Gasteiger partial charge is 0.0809 e. The standard InChI is InChI=1S/C9H7.CO.BrH.Ni/c1-2-5-9-7-3-6-8(9)4-1;1-2;;/h1-7H;;1H;/q-1;;;+1/p-1. The van der Waals surface area contributed by atoms with E-state index in [1.54, 1.807) is 0 Å². The molecule has 0 saturated carbocycles. The maximum atomic E-state index is 8.97. The summed E-state index contributed by atoms with van der Waals surface area (Å²) in [6.07, 6.45) is 0. The van der Waals surface area contributed by atoms with E-state index in [0.717, 1.165) is 12.2 Å². The molecule has 0 aliphatic rings.